The average Bonchev–Trinajstić information content (AvgIpc) is 2.58. The Morgan fingerprint density at radius 1 is 1.09 bits per heavy atom. The van der Waals surface area contributed by atoms with E-state index in [0.717, 1.165) is 0 Å². The summed E-state index contributed by atoms with van der Waals surface area (Å²) in [6.07, 6.45) is 6.27. The van der Waals surface area contributed by atoms with Gasteiger partial charge in [-0.05, 0) is 24.3 Å². The van der Waals surface area contributed by atoms with Crippen molar-refractivity contribution in [2.75, 3.05) is 18.4 Å². The van der Waals surface area contributed by atoms with Crippen molar-refractivity contribution in [3.8, 4) is 0 Å². The third-order valence-electron chi connectivity index (χ3n) is 2.05. The number of hydrogen-bond acceptors (Lipinski definition) is 4. The van der Waals surface area contributed by atoms with Crippen LogP contribution in [0.2, 0.25) is 5.15 Å². The van der Waals surface area contributed by atoms with Crippen LogP contribution in [0.25, 0.3) is 0 Å². The van der Waals surface area contributed by atoms with Crippen molar-refractivity contribution in [1.29, 1.82) is 0 Å². The molecule has 0 amide bonds. The lowest BCUT2D eigenvalue weighted by Gasteiger charge is -2.01. The summed E-state index contributed by atoms with van der Waals surface area (Å²) in [6.45, 7) is 7.95. The highest BCUT2D eigenvalue weighted by Crippen LogP contribution is 2.07. The zero-order chi connectivity index (χ0) is 17.5. The molecule has 124 valence electrons. The van der Waals surface area contributed by atoms with E-state index in [1.54, 1.807) is 18.2 Å². The fourth-order valence-electron chi connectivity index (χ4n) is 1.05. The van der Waals surface area contributed by atoms with Gasteiger partial charge >= 0.3 is 0 Å². The second-order valence-corrected chi connectivity index (χ2v) is 4.16. The molecule has 0 atom stereocenters. The third kappa shape index (κ3) is 10.1. The van der Waals surface area contributed by atoms with Crippen LogP contribution >= 0.6 is 11.6 Å². The van der Waals surface area contributed by atoms with Crippen LogP contribution in [0, 0.1) is 11.6 Å². The fraction of sp³-hybridized carbons (Fsp3) is 0.125. The molecule has 0 bridgehead atoms. The van der Waals surface area contributed by atoms with Gasteiger partial charge in [-0.15, -0.1) is 13.2 Å². The Hall–Kier alpha value is -2.31. The SMILES string of the molecule is C=CCN.C=CCNc1ncccc1F.Fc1cccnc1Cl. The van der Waals surface area contributed by atoms with E-state index in [1.165, 1.54) is 30.6 Å². The topological polar surface area (TPSA) is 63.8 Å². The summed E-state index contributed by atoms with van der Waals surface area (Å²) in [7, 11) is 0. The van der Waals surface area contributed by atoms with Crippen molar-refractivity contribution in [2.45, 2.75) is 0 Å². The quantitative estimate of drug-likeness (QED) is 0.656. The number of nitrogens with one attached hydrogen (secondary N) is 1. The number of halogens is 3. The van der Waals surface area contributed by atoms with E-state index < -0.39 is 5.82 Å². The Kier molecular flexibility index (Phi) is 12.0. The lowest BCUT2D eigenvalue weighted by molar-refractivity contribution is 0.622. The molecule has 2 rings (SSSR count). The molecule has 0 radical (unpaired) electrons. The minimum atomic E-state index is -0.478. The second kappa shape index (κ2) is 13.4. The van der Waals surface area contributed by atoms with Crippen molar-refractivity contribution in [1.82, 2.24) is 9.97 Å². The van der Waals surface area contributed by atoms with Gasteiger partial charge in [-0.1, -0.05) is 23.8 Å². The Balaban J connectivity index is 0.000000354. The molecule has 0 aromatic carbocycles. The Bertz CT molecular complexity index is 573. The third-order valence-corrected chi connectivity index (χ3v) is 2.33. The molecule has 0 unspecified atom stereocenters. The Labute approximate surface area is 139 Å². The molecule has 0 saturated carbocycles. The van der Waals surface area contributed by atoms with Crippen LogP contribution in [0.5, 0.6) is 0 Å². The largest absolute Gasteiger partial charge is 0.364 e. The number of anilines is 1. The van der Waals surface area contributed by atoms with Gasteiger partial charge in [0.1, 0.15) is 0 Å². The number of pyridine rings is 2. The van der Waals surface area contributed by atoms with E-state index in [0.29, 0.717) is 13.1 Å². The molecule has 0 spiro atoms. The Morgan fingerprint density at radius 3 is 2.04 bits per heavy atom. The first kappa shape index (κ1) is 20.7. The monoisotopic (exact) mass is 340 g/mol. The van der Waals surface area contributed by atoms with Gasteiger partial charge in [-0.3, -0.25) is 0 Å². The second-order valence-electron chi connectivity index (χ2n) is 3.80. The molecule has 0 aliphatic rings. The van der Waals surface area contributed by atoms with Crippen LogP contribution in [0.3, 0.4) is 0 Å². The van der Waals surface area contributed by atoms with E-state index in [2.05, 4.69) is 28.4 Å². The molecule has 0 aliphatic heterocycles. The molecule has 2 aromatic heterocycles. The minimum Gasteiger partial charge on any atom is -0.364 e. The van der Waals surface area contributed by atoms with Gasteiger partial charge in [0.15, 0.2) is 22.6 Å². The molecule has 7 heteroatoms. The number of hydrogen-bond donors (Lipinski definition) is 2. The van der Waals surface area contributed by atoms with E-state index in [4.69, 9.17) is 17.3 Å². The van der Waals surface area contributed by atoms with Gasteiger partial charge in [0, 0.05) is 25.5 Å². The van der Waals surface area contributed by atoms with Gasteiger partial charge < -0.3 is 11.1 Å². The zero-order valence-electron chi connectivity index (χ0n) is 12.6. The molecule has 0 saturated heterocycles. The van der Waals surface area contributed by atoms with E-state index >= 15 is 0 Å². The van der Waals surface area contributed by atoms with Gasteiger partial charge in [0.05, 0.1) is 0 Å². The van der Waals surface area contributed by atoms with Crippen LogP contribution in [-0.4, -0.2) is 23.1 Å². The lowest BCUT2D eigenvalue weighted by atomic mass is 10.4. The number of aromatic nitrogens is 2. The highest BCUT2D eigenvalue weighted by atomic mass is 35.5. The van der Waals surface area contributed by atoms with Crippen molar-refractivity contribution >= 4 is 17.4 Å². The first-order chi connectivity index (χ1) is 11.1. The lowest BCUT2D eigenvalue weighted by Crippen LogP contribution is -2.01. The summed E-state index contributed by atoms with van der Waals surface area (Å²) < 4.78 is 24.9. The van der Waals surface area contributed by atoms with Gasteiger partial charge in [0.2, 0.25) is 0 Å². The van der Waals surface area contributed by atoms with Crippen LogP contribution in [0.15, 0.2) is 62.0 Å². The highest BCUT2D eigenvalue weighted by molar-refractivity contribution is 6.29. The summed E-state index contributed by atoms with van der Waals surface area (Å²) in [6, 6.07) is 5.66. The van der Waals surface area contributed by atoms with E-state index in [1.807, 2.05) is 0 Å². The number of nitrogens with zero attached hydrogens (tertiary/aromatic N) is 2. The standard InChI is InChI=1S/C8H9FN2.C5H3ClFN.C3H7N/c1-2-5-10-8-7(9)4-3-6-11-8;6-5-4(7)2-1-3-8-5;1-2-3-4/h2-4,6H,1,5H2,(H,10,11);1-3H;2H,1,3-4H2. The van der Waals surface area contributed by atoms with Crippen LogP contribution in [0.1, 0.15) is 0 Å². The van der Waals surface area contributed by atoms with Gasteiger partial charge in [-0.2, -0.15) is 0 Å². The summed E-state index contributed by atoms with van der Waals surface area (Å²) in [5.41, 5.74) is 4.91. The minimum absolute atomic E-state index is 0.0764. The fourth-order valence-corrected chi connectivity index (χ4v) is 1.17. The number of rotatable bonds is 4. The van der Waals surface area contributed by atoms with Crippen LogP contribution < -0.4 is 11.1 Å². The van der Waals surface area contributed by atoms with Crippen LogP contribution in [0.4, 0.5) is 14.6 Å². The number of nitrogens with two attached hydrogens (primary N) is 1. The molecule has 0 fully saturated rings. The zero-order valence-corrected chi connectivity index (χ0v) is 13.3. The first-order valence-electron chi connectivity index (χ1n) is 6.59. The van der Waals surface area contributed by atoms with Gasteiger partial charge in [0.25, 0.3) is 0 Å². The molecule has 3 N–H and O–H groups in total. The smallest absolute Gasteiger partial charge is 0.165 e. The molecule has 0 aliphatic carbocycles. The molecule has 4 nitrogen and oxygen atoms in total. The molecule has 2 heterocycles. The summed E-state index contributed by atoms with van der Waals surface area (Å²) >= 11 is 5.22. The normalized spacial score (nSPS) is 8.70. The van der Waals surface area contributed by atoms with E-state index in [9.17, 15) is 8.78 Å². The first-order valence-corrected chi connectivity index (χ1v) is 6.96. The molecular weight excluding hydrogens is 322 g/mol. The van der Waals surface area contributed by atoms with Crippen molar-refractivity contribution < 1.29 is 8.78 Å². The maximum absolute atomic E-state index is 12.8. The van der Waals surface area contributed by atoms with Crippen LogP contribution in [-0.2, 0) is 0 Å². The summed E-state index contributed by atoms with van der Waals surface area (Å²) in [5, 5.41) is 2.68. The summed E-state index contributed by atoms with van der Waals surface area (Å²) in [5.74, 6) is -0.545. The predicted octanol–water partition coefficient (Wildman–Crippen LogP) is 3.82. The molecular formula is C16H19ClF2N4. The van der Waals surface area contributed by atoms with Crippen molar-refractivity contribution in [3.63, 3.8) is 0 Å². The maximum Gasteiger partial charge on any atom is 0.165 e. The predicted molar refractivity (Wildman–Crippen MR) is 91.3 cm³/mol. The maximum atomic E-state index is 12.8. The van der Waals surface area contributed by atoms with E-state index in [-0.39, 0.29) is 16.8 Å². The van der Waals surface area contributed by atoms with Gasteiger partial charge in [-0.25, -0.2) is 18.7 Å². The highest BCUT2D eigenvalue weighted by Gasteiger charge is 1.97. The molecule has 2 aromatic rings. The Morgan fingerprint density at radius 2 is 1.65 bits per heavy atom. The average molecular weight is 341 g/mol. The summed E-state index contributed by atoms with van der Waals surface area (Å²) in [4.78, 5) is 7.25. The van der Waals surface area contributed by atoms with Crippen molar-refractivity contribution in [3.05, 3.63) is 78.8 Å². The molecule has 23 heavy (non-hydrogen) atoms. The van der Waals surface area contributed by atoms with Crippen molar-refractivity contribution in [2.24, 2.45) is 5.73 Å².